The Morgan fingerprint density at radius 2 is 1.77 bits per heavy atom. The molecule has 0 radical (unpaired) electrons. The molecule has 1 aromatic rings. The summed E-state index contributed by atoms with van der Waals surface area (Å²) in [7, 11) is 0. The van der Waals surface area contributed by atoms with E-state index in [2.05, 4.69) is 4.74 Å². The van der Waals surface area contributed by atoms with Crippen molar-refractivity contribution in [3.05, 3.63) is 41.0 Å². The molecule has 22 heavy (non-hydrogen) atoms. The van der Waals surface area contributed by atoms with Gasteiger partial charge in [0, 0.05) is 0 Å². The van der Waals surface area contributed by atoms with Crippen molar-refractivity contribution in [3.8, 4) is 0 Å². The summed E-state index contributed by atoms with van der Waals surface area (Å²) in [4.78, 5) is 11.4. The summed E-state index contributed by atoms with van der Waals surface area (Å²) in [6.45, 7) is 0.945. The number of benzene rings is 1. The topological polar surface area (TPSA) is 52.3 Å². The van der Waals surface area contributed by atoms with Gasteiger partial charge in [-0.2, -0.15) is 26.3 Å². The lowest BCUT2D eigenvalue weighted by atomic mass is 10.0. The van der Waals surface area contributed by atoms with Crippen LogP contribution >= 0.6 is 0 Å². The number of ether oxygens (including phenoxy) is 1. The average Bonchev–Trinajstić information content (AvgIpc) is 2.36. The summed E-state index contributed by atoms with van der Waals surface area (Å²) in [6, 6.07) is 2.94. The van der Waals surface area contributed by atoms with Gasteiger partial charge in [0.05, 0.1) is 17.9 Å². The Morgan fingerprint density at radius 3 is 2.23 bits per heavy atom. The fourth-order valence-electron chi connectivity index (χ4n) is 1.59. The van der Waals surface area contributed by atoms with Gasteiger partial charge in [0.2, 0.25) is 0 Å². The Balaban J connectivity index is 3.45. The molecule has 1 rings (SSSR count). The van der Waals surface area contributed by atoms with Crippen molar-refractivity contribution in [2.75, 3.05) is 6.61 Å². The minimum Gasteiger partial charge on any atom is -0.462 e. The first kappa shape index (κ1) is 17.9. The Bertz CT molecular complexity index is 589. The highest BCUT2D eigenvalue weighted by Crippen LogP contribution is 2.34. The lowest BCUT2D eigenvalue weighted by Gasteiger charge is -2.15. The molecule has 0 fully saturated rings. The Labute approximate surface area is 121 Å². The highest BCUT2D eigenvalue weighted by molar-refractivity contribution is 5.98. The van der Waals surface area contributed by atoms with Crippen molar-refractivity contribution in [1.29, 1.82) is 0 Å². The van der Waals surface area contributed by atoms with Gasteiger partial charge < -0.3 is 10.5 Å². The third-order valence-corrected chi connectivity index (χ3v) is 2.53. The summed E-state index contributed by atoms with van der Waals surface area (Å²) in [5, 5.41) is 0. The zero-order valence-electron chi connectivity index (χ0n) is 11.2. The summed E-state index contributed by atoms with van der Waals surface area (Å²) in [6.07, 6.45) is -9.91. The monoisotopic (exact) mass is 327 g/mol. The molecule has 0 heterocycles. The molecular formula is C13H11F6NO2. The normalized spacial score (nSPS) is 13.6. The molecule has 0 spiro atoms. The first-order valence-electron chi connectivity index (χ1n) is 5.90. The number of halogens is 6. The quantitative estimate of drug-likeness (QED) is 0.525. The number of carbonyl (C=O) groups is 1. The summed E-state index contributed by atoms with van der Waals surface area (Å²) in [5.41, 5.74) is 0.537. The number of rotatable bonds is 3. The van der Waals surface area contributed by atoms with Crippen LogP contribution in [0.25, 0.3) is 5.70 Å². The molecule has 0 unspecified atom stereocenters. The second-order valence-electron chi connectivity index (χ2n) is 4.09. The zero-order valence-corrected chi connectivity index (χ0v) is 11.2. The van der Waals surface area contributed by atoms with Crippen LogP contribution in [0.3, 0.4) is 0 Å². The molecule has 0 aromatic heterocycles. The van der Waals surface area contributed by atoms with Crippen molar-refractivity contribution < 1.29 is 35.9 Å². The molecule has 122 valence electrons. The third-order valence-electron chi connectivity index (χ3n) is 2.53. The van der Waals surface area contributed by atoms with Crippen LogP contribution in [0.15, 0.2) is 29.8 Å². The SMILES string of the molecule is CCOC(=O)C(=C(N)c1cccc(C(F)(F)F)c1)C(F)(F)F. The molecule has 0 bridgehead atoms. The van der Waals surface area contributed by atoms with Gasteiger partial charge in [-0.05, 0) is 24.6 Å². The maximum atomic E-state index is 12.9. The smallest absolute Gasteiger partial charge is 0.425 e. The second-order valence-corrected chi connectivity index (χ2v) is 4.09. The second kappa shape index (κ2) is 6.29. The Morgan fingerprint density at radius 1 is 1.18 bits per heavy atom. The maximum Gasteiger partial charge on any atom is 0.425 e. The minimum absolute atomic E-state index is 0.339. The van der Waals surface area contributed by atoms with E-state index in [9.17, 15) is 31.1 Å². The van der Waals surface area contributed by atoms with Gasteiger partial charge in [-0.1, -0.05) is 12.1 Å². The highest BCUT2D eigenvalue weighted by Gasteiger charge is 2.42. The number of esters is 1. The summed E-state index contributed by atoms with van der Waals surface area (Å²) < 4.78 is 80.7. The lowest BCUT2D eigenvalue weighted by molar-refractivity contribution is -0.150. The van der Waals surface area contributed by atoms with E-state index in [0.717, 1.165) is 12.1 Å². The number of alkyl halides is 6. The van der Waals surface area contributed by atoms with Gasteiger partial charge in [-0.25, -0.2) is 4.79 Å². The molecule has 2 N–H and O–H groups in total. The van der Waals surface area contributed by atoms with E-state index in [4.69, 9.17) is 5.73 Å². The van der Waals surface area contributed by atoms with E-state index in [0.29, 0.717) is 12.1 Å². The number of carbonyl (C=O) groups excluding carboxylic acids is 1. The van der Waals surface area contributed by atoms with Crippen LogP contribution in [0.4, 0.5) is 26.3 Å². The highest BCUT2D eigenvalue weighted by atomic mass is 19.4. The zero-order chi connectivity index (χ0) is 17.1. The lowest BCUT2D eigenvalue weighted by Crippen LogP contribution is -2.26. The molecule has 3 nitrogen and oxygen atoms in total. The van der Waals surface area contributed by atoms with Gasteiger partial charge in [-0.15, -0.1) is 0 Å². The van der Waals surface area contributed by atoms with E-state index in [1.54, 1.807) is 0 Å². The molecule has 9 heteroatoms. The molecule has 0 aliphatic carbocycles. The average molecular weight is 327 g/mol. The third kappa shape index (κ3) is 4.15. The van der Waals surface area contributed by atoms with E-state index in [-0.39, 0.29) is 6.61 Å². The number of hydrogen-bond acceptors (Lipinski definition) is 3. The molecule has 0 saturated carbocycles. The molecular weight excluding hydrogens is 316 g/mol. The predicted molar refractivity (Wildman–Crippen MR) is 65.2 cm³/mol. The van der Waals surface area contributed by atoms with Gasteiger partial charge in [0.1, 0.15) is 0 Å². The van der Waals surface area contributed by atoms with E-state index in [1.165, 1.54) is 6.92 Å². The fourth-order valence-corrected chi connectivity index (χ4v) is 1.59. The van der Waals surface area contributed by atoms with Crippen molar-refractivity contribution in [1.82, 2.24) is 0 Å². The van der Waals surface area contributed by atoms with Crippen LogP contribution < -0.4 is 5.73 Å². The molecule has 1 aromatic carbocycles. The van der Waals surface area contributed by atoms with E-state index < -0.39 is 40.7 Å². The standard InChI is InChI=1S/C13H11F6NO2/c1-2-22-11(21)9(13(17,18)19)10(20)7-4-3-5-8(6-7)12(14,15)16/h3-6H,2,20H2,1H3. The van der Waals surface area contributed by atoms with Crippen LogP contribution in [0.2, 0.25) is 0 Å². The molecule has 0 atom stereocenters. The largest absolute Gasteiger partial charge is 0.462 e. The van der Waals surface area contributed by atoms with Crippen molar-refractivity contribution >= 4 is 11.7 Å². The van der Waals surface area contributed by atoms with Gasteiger partial charge in [0.25, 0.3) is 0 Å². The van der Waals surface area contributed by atoms with Gasteiger partial charge in [-0.3, -0.25) is 0 Å². The molecule has 0 amide bonds. The van der Waals surface area contributed by atoms with Crippen LogP contribution in [0.5, 0.6) is 0 Å². The van der Waals surface area contributed by atoms with E-state index >= 15 is 0 Å². The number of nitrogens with two attached hydrogens (primary N) is 1. The van der Waals surface area contributed by atoms with E-state index in [1.807, 2.05) is 0 Å². The number of hydrogen-bond donors (Lipinski definition) is 1. The minimum atomic E-state index is -5.16. The van der Waals surface area contributed by atoms with Crippen molar-refractivity contribution in [2.45, 2.75) is 19.3 Å². The summed E-state index contributed by atoms with van der Waals surface area (Å²) in [5.74, 6) is -1.75. The van der Waals surface area contributed by atoms with Gasteiger partial charge in [0.15, 0.2) is 5.57 Å². The first-order valence-corrected chi connectivity index (χ1v) is 5.90. The van der Waals surface area contributed by atoms with Crippen LogP contribution in [0.1, 0.15) is 18.1 Å². The van der Waals surface area contributed by atoms with Crippen LogP contribution in [-0.2, 0) is 15.7 Å². The fraction of sp³-hybridized carbons (Fsp3) is 0.308. The Kier molecular flexibility index (Phi) is 5.10. The van der Waals surface area contributed by atoms with Crippen molar-refractivity contribution in [3.63, 3.8) is 0 Å². The Hall–Kier alpha value is -2.19. The molecule has 0 aliphatic heterocycles. The first-order chi connectivity index (χ1) is 9.98. The summed E-state index contributed by atoms with van der Waals surface area (Å²) >= 11 is 0. The van der Waals surface area contributed by atoms with Gasteiger partial charge >= 0.3 is 18.3 Å². The molecule has 0 aliphatic rings. The maximum absolute atomic E-state index is 12.9. The van der Waals surface area contributed by atoms with Crippen LogP contribution in [-0.4, -0.2) is 18.8 Å². The predicted octanol–water partition coefficient (Wildman–Crippen LogP) is 3.50. The van der Waals surface area contributed by atoms with Crippen molar-refractivity contribution in [2.24, 2.45) is 5.73 Å². The van der Waals surface area contributed by atoms with Crippen LogP contribution in [0, 0.1) is 0 Å². The molecule has 0 saturated heterocycles.